The van der Waals surface area contributed by atoms with E-state index in [0.29, 0.717) is 14.3 Å². The van der Waals surface area contributed by atoms with Gasteiger partial charge in [0.25, 0.3) is 0 Å². The summed E-state index contributed by atoms with van der Waals surface area (Å²) in [5.41, 5.74) is 6.80. The van der Waals surface area contributed by atoms with E-state index in [2.05, 4.69) is 81.2 Å². The van der Waals surface area contributed by atoms with E-state index < -0.39 is 0 Å². The van der Waals surface area contributed by atoms with Crippen LogP contribution >= 0.6 is 8.58 Å². The number of aliphatic imine (C=N–C) groups is 1. The summed E-state index contributed by atoms with van der Waals surface area (Å²) in [5, 5.41) is 11.8. The predicted octanol–water partition coefficient (Wildman–Crippen LogP) is 6.11. The summed E-state index contributed by atoms with van der Waals surface area (Å²) in [6.07, 6.45) is 0.945. The number of benzene rings is 3. The minimum atomic E-state index is -0.146. The van der Waals surface area contributed by atoms with E-state index in [1.54, 1.807) is 0 Å². The zero-order valence-electron chi connectivity index (χ0n) is 18.0. The summed E-state index contributed by atoms with van der Waals surface area (Å²) < 4.78 is 0. The van der Waals surface area contributed by atoms with Crippen molar-refractivity contribution in [3.05, 3.63) is 94.5 Å². The van der Waals surface area contributed by atoms with Crippen molar-refractivity contribution in [2.45, 2.75) is 39.3 Å². The summed E-state index contributed by atoms with van der Waals surface area (Å²) in [5.74, 6) is 0.384. The van der Waals surface area contributed by atoms with Crippen molar-refractivity contribution >= 4 is 19.6 Å². The molecule has 0 aliphatic rings. The lowest BCUT2D eigenvalue weighted by molar-refractivity contribution is 0.456. The third kappa shape index (κ3) is 4.43. The highest BCUT2D eigenvalue weighted by Crippen LogP contribution is 2.48. The summed E-state index contributed by atoms with van der Waals surface area (Å²) in [6.45, 7) is 8.73. The quantitative estimate of drug-likeness (QED) is 0.391. The van der Waals surface area contributed by atoms with Crippen molar-refractivity contribution in [1.82, 2.24) is 0 Å². The molecule has 0 radical (unpaired) electrons. The van der Waals surface area contributed by atoms with Crippen LogP contribution < -0.4 is 5.30 Å². The lowest BCUT2D eigenvalue weighted by Gasteiger charge is -2.32. The van der Waals surface area contributed by atoms with Crippen molar-refractivity contribution in [2.24, 2.45) is 4.99 Å². The fraction of sp³-hybridized carbons (Fsp3) is 0.269. The number of aromatic hydroxyl groups is 1. The van der Waals surface area contributed by atoms with Gasteiger partial charge in [-0.3, -0.25) is 4.99 Å². The van der Waals surface area contributed by atoms with Crippen LogP contribution in [0.4, 0.5) is 0 Å². The Morgan fingerprint density at radius 1 is 1.00 bits per heavy atom. The van der Waals surface area contributed by atoms with E-state index in [4.69, 9.17) is 0 Å². The van der Waals surface area contributed by atoms with Gasteiger partial charge in [-0.15, -0.1) is 0 Å². The van der Waals surface area contributed by atoms with Gasteiger partial charge in [-0.05, 0) is 37.2 Å². The largest absolute Gasteiger partial charge is 0.508 e. The Morgan fingerprint density at radius 2 is 1.72 bits per heavy atom. The lowest BCUT2D eigenvalue weighted by atomic mass is 9.95. The molecule has 0 amide bonds. The Morgan fingerprint density at radius 3 is 2.38 bits per heavy atom. The normalized spacial score (nSPS) is 14.3. The first-order chi connectivity index (χ1) is 13.9. The van der Waals surface area contributed by atoms with E-state index in [0.717, 1.165) is 23.3 Å². The van der Waals surface area contributed by atoms with Gasteiger partial charge in [-0.1, -0.05) is 88.7 Å². The van der Waals surface area contributed by atoms with Gasteiger partial charge < -0.3 is 5.11 Å². The number of aryl methyl sites for hydroxylation is 2. The second-order valence-corrected chi connectivity index (χ2v) is 9.62. The molecule has 0 saturated carbocycles. The molecule has 2 unspecified atom stereocenters. The summed E-state index contributed by atoms with van der Waals surface area (Å²) in [7, 11) is 2.38. The number of hydrogen-bond acceptors (Lipinski definition) is 2. The number of phenols is 1. The molecule has 0 fully saturated rings. The average Bonchev–Trinajstić information content (AvgIpc) is 2.73. The average molecular weight is 404 g/mol. The number of rotatable bonds is 6. The molecule has 0 spiro atoms. The van der Waals surface area contributed by atoms with Crippen LogP contribution in [0.3, 0.4) is 0 Å². The van der Waals surface area contributed by atoms with Crippen LogP contribution in [0.5, 0.6) is 5.75 Å². The molecule has 0 aliphatic heterocycles. The minimum Gasteiger partial charge on any atom is -0.508 e. The van der Waals surface area contributed by atoms with E-state index in [-0.39, 0.29) is 5.16 Å². The van der Waals surface area contributed by atoms with Crippen LogP contribution in [-0.4, -0.2) is 17.9 Å². The fourth-order valence-electron chi connectivity index (χ4n) is 3.75. The molecule has 3 rings (SSSR count). The maximum absolute atomic E-state index is 10.6. The SMILES string of the molecule is CCC(C)(Pc1c(C)cccc1/C(=N/C)c1ccccc1)c1cc(C)ccc1O. The Kier molecular flexibility index (Phi) is 6.55. The van der Waals surface area contributed by atoms with E-state index >= 15 is 0 Å². The molecular formula is C26H30NOP. The van der Waals surface area contributed by atoms with Gasteiger partial charge in [0.1, 0.15) is 5.75 Å². The van der Waals surface area contributed by atoms with Crippen LogP contribution in [0.25, 0.3) is 0 Å². The zero-order chi connectivity index (χ0) is 21.0. The molecule has 1 N–H and O–H groups in total. The molecule has 3 aromatic carbocycles. The monoisotopic (exact) mass is 403 g/mol. The van der Waals surface area contributed by atoms with Crippen molar-refractivity contribution in [2.75, 3.05) is 7.05 Å². The van der Waals surface area contributed by atoms with Gasteiger partial charge in [-0.25, -0.2) is 0 Å². The molecule has 0 heterocycles. The van der Waals surface area contributed by atoms with E-state index in [9.17, 15) is 5.11 Å². The first kappa shape index (κ1) is 21.3. The summed E-state index contributed by atoms with van der Waals surface area (Å²) in [6, 6.07) is 22.8. The Bertz CT molecular complexity index is 1030. The van der Waals surface area contributed by atoms with Crippen molar-refractivity contribution < 1.29 is 5.11 Å². The van der Waals surface area contributed by atoms with Crippen LogP contribution in [-0.2, 0) is 5.16 Å². The van der Waals surface area contributed by atoms with Crippen LogP contribution in [0.15, 0.2) is 71.7 Å². The number of nitrogens with zero attached hydrogens (tertiary/aromatic N) is 1. The highest BCUT2D eigenvalue weighted by Gasteiger charge is 2.30. The summed E-state index contributed by atoms with van der Waals surface area (Å²) in [4.78, 5) is 4.66. The number of hydrogen-bond donors (Lipinski definition) is 1. The van der Waals surface area contributed by atoms with Gasteiger partial charge in [0, 0.05) is 28.9 Å². The first-order valence-corrected chi connectivity index (χ1v) is 11.1. The molecular weight excluding hydrogens is 373 g/mol. The molecule has 0 saturated heterocycles. The van der Waals surface area contributed by atoms with Crippen LogP contribution in [0.1, 0.15) is 48.1 Å². The third-order valence-electron chi connectivity index (χ3n) is 5.65. The molecule has 29 heavy (non-hydrogen) atoms. The van der Waals surface area contributed by atoms with Gasteiger partial charge in [0.15, 0.2) is 0 Å². The molecule has 0 aromatic heterocycles. The smallest absolute Gasteiger partial charge is 0.119 e. The maximum atomic E-state index is 10.6. The van der Waals surface area contributed by atoms with Gasteiger partial charge in [0.05, 0.1) is 5.71 Å². The second-order valence-electron chi connectivity index (χ2n) is 7.77. The molecule has 3 aromatic rings. The third-order valence-corrected chi connectivity index (χ3v) is 7.74. The standard InChI is InChI=1S/C26H30NOP/c1-6-26(4,22-17-18(2)15-16-23(22)28)29-25-19(3)11-10-14-21(25)24(27-5)20-12-8-7-9-13-20/h7-17,28-29H,6H2,1-5H3/b27-24+. The molecule has 150 valence electrons. The second kappa shape index (κ2) is 8.93. The van der Waals surface area contributed by atoms with E-state index in [1.807, 2.05) is 25.2 Å². The Labute approximate surface area is 176 Å². The van der Waals surface area contributed by atoms with Crippen molar-refractivity contribution in [3.8, 4) is 5.75 Å². The topological polar surface area (TPSA) is 32.6 Å². The van der Waals surface area contributed by atoms with Gasteiger partial charge in [0.2, 0.25) is 0 Å². The van der Waals surface area contributed by atoms with Crippen molar-refractivity contribution in [1.29, 1.82) is 0 Å². The predicted molar refractivity (Wildman–Crippen MR) is 128 cm³/mol. The van der Waals surface area contributed by atoms with Crippen molar-refractivity contribution in [3.63, 3.8) is 0 Å². The first-order valence-electron chi connectivity index (χ1n) is 10.1. The lowest BCUT2D eigenvalue weighted by Crippen LogP contribution is -2.24. The molecule has 2 atom stereocenters. The molecule has 3 heteroatoms. The fourth-order valence-corrected chi connectivity index (χ4v) is 5.43. The zero-order valence-corrected chi connectivity index (χ0v) is 19.0. The van der Waals surface area contributed by atoms with Gasteiger partial charge >= 0.3 is 0 Å². The highest BCUT2D eigenvalue weighted by molar-refractivity contribution is 7.49. The van der Waals surface area contributed by atoms with Gasteiger partial charge in [-0.2, -0.15) is 0 Å². The highest BCUT2D eigenvalue weighted by atomic mass is 31.1. The Hall–Kier alpha value is -2.44. The van der Waals surface area contributed by atoms with Crippen LogP contribution in [0, 0.1) is 13.8 Å². The summed E-state index contributed by atoms with van der Waals surface area (Å²) >= 11 is 0. The van der Waals surface area contributed by atoms with Crippen LogP contribution in [0.2, 0.25) is 0 Å². The maximum Gasteiger partial charge on any atom is 0.119 e. The van der Waals surface area contributed by atoms with E-state index in [1.165, 1.54) is 22.0 Å². The minimum absolute atomic E-state index is 0.146. The molecule has 2 nitrogen and oxygen atoms in total. The molecule has 0 aliphatic carbocycles. The molecule has 0 bridgehead atoms. The number of phenolic OH excluding ortho intramolecular Hbond substituents is 1. The Balaban J connectivity index is 2.13.